The highest BCUT2D eigenvalue weighted by Gasteiger charge is 2.16. The van der Waals surface area contributed by atoms with Crippen LogP contribution in [0.5, 0.6) is 23.0 Å². The average molecular weight is 610 g/mol. The molecule has 1 aliphatic rings. The number of para-hydroxylation sites is 1. The molecule has 0 radical (unpaired) electrons. The lowest BCUT2D eigenvalue weighted by Crippen LogP contribution is -2.18. The number of amides is 1. The minimum Gasteiger partial charge on any atom is -0.493 e. The van der Waals surface area contributed by atoms with E-state index in [9.17, 15) is 4.79 Å². The maximum atomic E-state index is 13.3. The number of hydrogen-bond acceptors (Lipinski definition) is 7. The number of nitrogens with one attached hydrogen (secondary N) is 1. The van der Waals surface area contributed by atoms with Crippen LogP contribution in [0.4, 0.5) is 0 Å². The first-order valence-electron chi connectivity index (χ1n) is 12.8. The maximum Gasteiger partial charge on any atom is 0.272 e. The fourth-order valence-electron chi connectivity index (χ4n) is 4.45. The van der Waals surface area contributed by atoms with E-state index in [2.05, 4.69) is 26.5 Å². The van der Waals surface area contributed by atoms with Crippen molar-refractivity contribution in [1.29, 1.82) is 0 Å². The third-order valence-electron chi connectivity index (χ3n) is 6.51. The molecule has 0 saturated carbocycles. The van der Waals surface area contributed by atoms with Crippen LogP contribution in [0.2, 0.25) is 0 Å². The first-order chi connectivity index (χ1) is 20.1. The molecule has 0 saturated heterocycles. The van der Waals surface area contributed by atoms with E-state index in [4.69, 9.17) is 23.9 Å². The summed E-state index contributed by atoms with van der Waals surface area (Å²) in [4.78, 5) is 18.0. The minimum absolute atomic E-state index is 0.220. The van der Waals surface area contributed by atoms with Gasteiger partial charge < -0.3 is 18.9 Å². The van der Waals surface area contributed by atoms with Crippen molar-refractivity contribution in [3.8, 4) is 34.3 Å². The Balaban J connectivity index is 1.19. The maximum absolute atomic E-state index is 13.3. The van der Waals surface area contributed by atoms with Crippen LogP contribution in [0.3, 0.4) is 0 Å². The molecule has 0 atom stereocenters. The van der Waals surface area contributed by atoms with E-state index >= 15 is 0 Å². The van der Waals surface area contributed by atoms with Crippen molar-refractivity contribution in [2.24, 2.45) is 5.10 Å². The predicted octanol–water partition coefficient (Wildman–Crippen LogP) is 6.74. The fourth-order valence-corrected chi connectivity index (χ4v) is 4.88. The molecule has 0 bridgehead atoms. The molecule has 5 aromatic rings. The van der Waals surface area contributed by atoms with Gasteiger partial charge in [-0.3, -0.25) is 4.79 Å². The molecule has 8 nitrogen and oxygen atoms in total. The van der Waals surface area contributed by atoms with Crippen molar-refractivity contribution < 1.29 is 23.7 Å². The summed E-state index contributed by atoms with van der Waals surface area (Å²) >= 11 is 3.57. The van der Waals surface area contributed by atoms with Gasteiger partial charge in [0, 0.05) is 21.0 Å². The number of benzene rings is 4. The lowest BCUT2D eigenvalue weighted by atomic mass is 10.0. The zero-order valence-corrected chi connectivity index (χ0v) is 23.6. The summed E-state index contributed by atoms with van der Waals surface area (Å²) in [6.45, 7) is 0.533. The number of halogens is 1. The van der Waals surface area contributed by atoms with Crippen molar-refractivity contribution in [2.45, 2.75) is 6.61 Å². The number of nitrogens with zero attached hydrogens (tertiary/aromatic N) is 2. The lowest BCUT2D eigenvalue weighted by molar-refractivity contribution is 0.0956. The van der Waals surface area contributed by atoms with Gasteiger partial charge >= 0.3 is 0 Å². The molecule has 9 heteroatoms. The number of hydrazone groups is 1. The zero-order valence-electron chi connectivity index (χ0n) is 22.0. The van der Waals surface area contributed by atoms with Gasteiger partial charge in [0.15, 0.2) is 23.0 Å². The smallest absolute Gasteiger partial charge is 0.272 e. The second-order valence-electron chi connectivity index (χ2n) is 9.14. The summed E-state index contributed by atoms with van der Waals surface area (Å²) in [5.41, 5.74) is 7.12. The molecule has 0 aliphatic carbocycles. The molecule has 6 rings (SSSR count). The van der Waals surface area contributed by atoms with Crippen LogP contribution in [-0.4, -0.2) is 31.0 Å². The Labute approximate surface area is 244 Å². The van der Waals surface area contributed by atoms with Gasteiger partial charge in [0.2, 0.25) is 6.79 Å². The number of rotatable bonds is 8. The van der Waals surface area contributed by atoms with Gasteiger partial charge in [-0.25, -0.2) is 10.4 Å². The van der Waals surface area contributed by atoms with Crippen LogP contribution >= 0.6 is 15.9 Å². The summed E-state index contributed by atoms with van der Waals surface area (Å²) < 4.78 is 23.1. The first kappa shape index (κ1) is 26.3. The van der Waals surface area contributed by atoms with Crippen LogP contribution in [0.15, 0.2) is 101 Å². The summed E-state index contributed by atoms with van der Waals surface area (Å²) in [5.74, 6) is 2.15. The molecule has 1 aliphatic heterocycles. The van der Waals surface area contributed by atoms with E-state index in [1.807, 2.05) is 72.8 Å². The molecule has 2 heterocycles. The molecule has 41 heavy (non-hydrogen) atoms. The highest BCUT2D eigenvalue weighted by atomic mass is 79.9. The highest BCUT2D eigenvalue weighted by molar-refractivity contribution is 9.10. The minimum atomic E-state index is -0.344. The number of carbonyl (C=O) groups excluding carboxylic acids is 1. The van der Waals surface area contributed by atoms with Gasteiger partial charge in [0.1, 0.15) is 6.61 Å². The van der Waals surface area contributed by atoms with Gasteiger partial charge in [-0.1, -0.05) is 54.6 Å². The van der Waals surface area contributed by atoms with Crippen molar-refractivity contribution >= 4 is 39.0 Å². The normalized spacial score (nSPS) is 12.0. The van der Waals surface area contributed by atoms with Gasteiger partial charge in [0.05, 0.1) is 30.1 Å². The van der Waals surface area contributed by atoms with Crippen LogP contribution < -0.4 is 24.4 Å². The van der Waals surface area contributed by atoms with Crippen LogP contribution in [0.25, 0.3) is 22.2 Å². The zero-order chi connectivity index (χ0) is 28.2. The van der Waals surface area contributed by atoms with Gasteiger partial charge in [0.25, 0.3) is 5.91 Å². The molecular weight excluding hydrogens is 586 g/mol. The van der Waals surface area contributed by atoms with E-state index in [0.717, 1.165) is 32.3 Å². The van der Waals surface area contributed by atoms with E-state index in [1.54, 1.807) is 31.5 Å². The molecule has 0 fully saturated rings. The highest BCUT2D eigenvalue weighted by Crippen LogP contribution is 2.35. The number of aromatic nitrogens is 1. The third-order valence-corrected chi connectivity index (χ3v) is 7.20. The predicted molar refractivity (Wildman–Crippen MR) is 160 cm³/mol. The fraction of sp³-hybridized carbons (Fsp3) is 0.0938. The SMILES string of the molecule is COc1cc(/C=N/NC(=O)c2cc(-c3ccccc3)nc3ccccc23)c(Br)cc1OCc1ccc2c(c1)OCO2. The Morgan fingerprint density at radius 3 is 2.63 bits per heavy atom. The van der Waals surface area contributed by atoms with Gasteiger partial charge in [-0.2, -0.15) is 5.10 Å². The van der Waals surface area contributed by atoms with Crippen LogP contribution in [0.1, 0.15) is 21.5 Å². The van der Waals surface area contributed by atoms with Crippen molar-refractivity contribution in [3.05, 3.63) is 112 Å². The summed E-state index contributed by atoms with van der Waals surface area (Å²) in [5, 5.41) is 4.97. The van der Waals surface area contributed by atoms with Crippen molar-refractivity contribution in [2.75, 3.05) is 13.9 Å². The number of methoxy groups -OCH3 is 1. The molecule has 1 N–H and O–H groups in total. The van der Waals surface area contributed by atoms with Crippen molar-refractivity contribution in [1.82, 2.24) is 10.4 Å². The van der Waals surface area contributed by atoms with E-state index < -0.39 is 0 Å². The van der Waals surface area contributed by atoms with Crippen LogP contribution in [0, 0.1) is 0 Å². The Hall–Kier alpha value is -4.89. The Kier molecular flexibility index (Phi) is 7.51. The standard InChI is InChI=1S/C32H24BrN3O5/c1-38-29-14-22(25(33)16-31(29)39-18-20-11-12-28-30(13-20)41-19-40-28)17-34-36-32(37)24-15-27(21-7-3-2-4-8-21)35-26-10-6-5-9-23(24)26/h2-17H,18-19H2,1H3,(H,36,37)/b34-17+. The van der Waals surface area contributed by atoms with E-state index in [0.29, 0.717) is 40.7 Å². The summed E-state index contributed by atoms with van der Waals surface area (Å²) in [6.07, 6.45) is 1.55. The molecule has 0 unspecified atom stereocenters. The topological polar surface area (TPSA) is 91.3 Å². The number of ether oxygens (including phenoxy) is 4. The van der Waals surface area contributed by atoms with E-state index in [-0.39, 0.29) is 12.7 Å². The molecule has 204 valence electrons. The first-order valence-corrected chi connectivity index (χ1v) is 13.6. The van der Waals surface area contributed by atoms with Gasteiger partial charge in [-0.15, -0.1) is 0 Å². The summed E-state index contributed by atoms with van der Waals surface area (Å²) in [7, 11) is 1.57. The Bertz CT molecular complexity index is 1780. The number of hydrogen-bond donors (Lipinski definition) is 1. The lowest BCUT2D eigenvalue weighted by Gasteiger charge is -2.13. The Morgan fingerprint density at radius 2 is 1.78 bits per heavy atom. The molecular formula is C32H24BrN3O5. The monoisotopic (exact) mass is 609 g/mol. The number of carbonyl (C=O) groups is 1. The molecule has 1 aromatic heterocycles. The number of fused-ring (bicyclic) bond motifs is 2. The Morgan fingerprint density at radius 1 is 0.976 bits per heavy atom. The second kappa shape index (κ2) is 11.7. The molecule has 1 amide bonds. The third kappa shape index (κ3) is 5.71. The molecule has 0 spiro atoms. The number of pyridine rings is 1. The largest absolute Gasteiger partial charge is 0.493 e. The van der Waals surface area contributed by atoms with Crippen LogP contribution in [-0.2, 0) is 6.61 Å². The average Bonchev–Trinajstić information content (AvgIpc) is 3.49. The molecule has 4 aromatic carbocycles. The van der Waals surface area contributed by atoms with Crippen molar-refractivity contribution in [3.63, 3.8) is 0 Å². The van der Waals surface area contributed by atoms with E-state index in [1.165, 1.54) is 0 Å². The van der Waals surface area contributed by atoms with Gasteiger partial charge in [-0.05, 0) is 57.9 Å². The quantitative estimate of drug-likeness (QED) is 0.155. The summed E-state index contributed by atoms with van der Waals surface area (Å²) in [6, 6.07) is 28.3. The second-order valence-corrected chi connectivity index (χ2v) is 9.99.